The van der Waals surface area contributed by atoms with Gasteiger partial charge in [-0.15, -0.1) is 0 Å². The van der Waals surface area contributed by atoms with Crippen LogP contribution in [0.5, 0.6) is 0 Å². The quantitative estimate of drug-likeness (QED) is 0.752. The summed E-state index contributed by atoms with van der Waals surface area (Å²) in [6.07, 6.45) is 6.85. The van der Waals surface area contributed by atoms with Gasteiger partial charge >= 0.3 is 5.97 Å². The number of allylic oxidation sites excluding steroid dienone is 1. The van der Waals surface area contributed by atoms with Crippen molar-refractivity contribution in [2.75, 3.05) is 0 Å². The van der Waals surface area contributed by atoms with Gasteiger partial charge in [0.05, 0.1) is 17.6 Å². The Kier molecular flexibility index (Phi) is 4.07. The van der Waals surface area contributed by atoms with Crippen LogP contribution in [0.1, 0.15) is 65.7 Å². The molecule has 0 aliphatic heterocycles. The minimum absolute atomic E-state index is 0.0325. The molecule has 0 spiro atoms. The largest absolute Gasteiger partial charge is 0.481 e. The first-order chi connectivity index (χ1) is 11.2. The van der Waals surface area contributed by atoms with Crippen LogP contribution in [-0.2, 0) is 4.79 Å². The Bertz CT molecular complexity index is 621. The molecule has 6 atom stereocenters. The number of carboxylic acids is 1. The number of carboxylic acid groups (broad SMARTS) is 1. The summed E-state index contributed by atoms with van der Waals surface area (Å²) in [6, 6.07) is 2.31. The fraction of sp³-hybridized carbons (Fsp3) is 0.800. The lowest BCUT2D eigenvalue weighted by Crippen LogP contribution is -2.62. The number of nitrogens with zero attached hydrogens (tertiary/aromatic N) is 1. The summed E-state index contributed by atoms with van der Waals surface area (Å²) >= 11 is 0. The predicted molar refractivity (Wildman–Crippen MR) is 91.0 cm³/mol. The highest BCUT2D eigenvalue weighted by Gasteiger charge is 2.65. The molecule has 0 heterocycles. The van der Waals surface area contributed by atoms with Crippen LogP contribution in [0.25, 0.3) is 0 Å². The van der Waals surface area contributed by atoms with Crippen LogP contribution in [0.3, 0.4) is 0 Å². The molecule has 132 valence electrons. The number of aliphatic hydroxyl groups is 1. The number of aliphatic carboxylic acids is 1. The van der Waals surface area contributed by atoms with Gasteiger partial charge in [0.15, 0.2) is 0 Å². The van der Waals surface area contributed by atoms with Gasteiger partial charge in [-0.3, -0.25) is 4.79 Å². The number of nitriles is 1. The Morgan fingerprint density at radius 2 is 2.08 bits per heavy atom. The summed E-state index contributed by atoms with van der Waals surface area (Å²) in [5.41, 5.74) is -0.153. The minimum atomic E-state index is -0.775. The average Bonchev–Trinajstić information content (AvgIpc) is 2.50. The summed E-state index contributed by atoms with van der Waals surface area (Å²) in [5.74, 6) is -0.586. The van der Waals surface area contributed by atoms with Crippen molar-refractivity contribution in [2.24, 2.45) is 28.1 Å². The molecule has 2 N–H and O–H groups in total. The lowest BCUT2D eigenvalue weighted by atomic mass is 9.40. The molecule has 0 aromatic rings. The second-order valence-electron chi connectivity index (χ2n) is 8.92. The molecular weight excluding hydrogens is 302 g/mol. The molecule has 0 saturated heterocycles. The van der Waals surface area contributed by atoms with Gasteiger partial charge in [-0.2, -0.15) is 5.26 Å². The molecule has 24 heavy (non-hydrogen) atoms. The summed E-state index contributed by atoms with van der Waals surface area (Å²) in [5, 5.41) is 30.4. The van der Waals surface area contributed by atoms with E-state index in [1.54, 1.807) is 0 Å². The molecule has 0 radical (unpaired) electrons. The summed E-state index contributed by atoms with van der Waals surface area (Å²) in [6.45, 7) is 6.18. The van der Waals surface area contributed by atoms with Crippen molar-refractivity contribution in [3.05, 3.63) is 11.6 Å². The van der Waals surface area contributed by atoms with Crippen LogP contribution in [0.2, 0.25) is 0 Å². The van der Waals surface area contributed by atoms with Gasteiger partial charge in [0.1, 0.15) is 0 Å². The van der Waals surface area contributed by atoms with Crippen molar-refractivity contribution in [2.45, 2.75) is 71.8 Å². The summed E-state index contributed by atoms with van der Waals surface area (Å²) < 4.78 is 0. The maximum Gasteiger partial charge on any atom is 0.309 e. The number of carbonyl (C=O) groups is 1. The van der Waals surface area contributed by atoms with E-state index in [-0.39, 0.29) is 17.3 Å². The molecule has 3 rings (SSSR count). The Hall–Kier alpha value is -1.34. The monoisotopic (exact) mass is 331 g/mol. The first-order valence-corrected chi connectivity index (χ1v) is 9.17. The third kappa shape index (κ3) is 2.17. The first-order valence-electron chi connectivity index (χ1n) is 9.17. The van der Waals surface area contributed by atoms with Gasteiger partial charge < -0.3 is 10.2 Å². The van der Waals surface area contributed by atoms with E-state index < -0.39 is 22.9 Å². The zero-order chi connectivity index (χ0) is 17.8. The van der Waals surface area contributed by atoms with Crippen LogP contribution >= 0.6 is 0 Å². The molecule has 4 nitrogen and oxygen atoms in total. The van der Waals surface area contributed by atoms with Crippen molar-refractivity contribution in [3.8, 4) is 6.07 Å². The Balaban J connectivity index is 2.12. The Morgan fingerprint density at radius 3 is 2.71 bits per heavy atom. The zero-order valence-corrected chi connectivity index (χ0v) is 15.0. The second kappa shape index (κ2) is 5.59. The number of hydrogen-bond donors (Lipinski definition) is 2. The van der Waals surface area contributed by atoms with E-state index in [4.69, 9.17) is 0 Å². The van der Waals surface area contributed by atoms with E-state index in [0.717, 1.165) is 25.7 Å². The number of rotatable bonds is 2. The lowest BCUT2D eigenvalue weighted by molar-refractivity contribution is -0.194. The summed E-state index contributed by atoms with van der Waals surface area (Å²) in [4.78, 5) is 12.1. The third-order valence-electron chi connectivity index (χ3n) is 7.72. The van der Waals surface area contributed by atoms with Crippen molar-refractivity contribution in [1.82, 2.24) is 0 Å². The standard InChI is InChI=1S/C20H29NO3/c1-13-5-6-14-18(2)7-4-8-19(3,17(23)24)15(18)11-16(22)20(14,12-13)9-10-21/h12,14-16,22H,4-9,11H2,1-3H3,(H,23,24)/t14-,15-,16+,18+,19-,20-/m1/s1. The molecule has 0 bridgehead atoms. The average molecular weight is 331 g/mol. The lowest BCUT2D eigenvalue weighted by Gasteiger charge is -2.64. The molecule has 2 saturated carbocycles. The smallest absolute Gasteiger partial charge is 0.309 e. The van der Waals surface area contributed by atoms with E-state index in [1.807, 2.05) is 6.92 Å². The molecule has 0 unspecified atom stereocenters. The number of hydrogen-bond acceptors (Lipinski definition) is 3. The van der Waals surface area contributed by atoms with Crippen molar-refractivity contribution in [1.29, 1.82) is 5.26 Å². The molecule has 3 aliphatic rings. The van der Waals surface area contributed by atoms with Gasteiger partial charge in [-0.05, 0) is 63.2 Å². The van der Waals surface area contributed by atoms with E-state index in [1.165, 1.54) is 5.57 Å². The van der Waals surface area contributed by atoms with Crippen LogP contribution in [0, 0.1) is 39.4 Å². The van der Waals surface area contributed by atoms with Gasteiger partial charge in [0, 0.05) is 11.8 Å². The fourth-order valence-corrected chi connectivity index (χ4v) is 6.53. The molecule has 2 fully saturated rings. The molecule has 0 aromatic heterocycles. The Labute approximate surface area is 144 Å². The van der Waals surface area contributed by atoms with E-state index in [2.05, 4.69) is 26.0 Å². The highest BCUT2D eigenvalue weighted by atomic mass is 16.4. The Morgan fingerprint density at radius 1 is 1.38 bits per heavy atom. The minimum Gasteiger partial charge on any atom is -0.481 e. The molecular formula is C20H29NO3. The third-order valence-corrected chi connectivity index (χ3v) is 7.72. The van der Waals surface area contributed by atoms with Gasteiger partial charge in [-0.25, -0.2) is 0 Å². The van der Waals surface area contributed by atoms with E-state index >= 15 is 0 Å². The molecule has 0 aromatic carbocycles. The maximum absolute atomic E-state index is 12.1. The molecule has 0 amide bonds. The SMILES string of the molecule is CC1=C[C@]2(CC#N)[C@H](CC1)[C@]1(C)CCC[C@@](C)(C(=O)O)[C@@H]1C[C@@H]2O. The fourth-order valence-electron chi connectivity index (χ4n) is 6.53. The van der Waals surface area contributed by atoms with Crippen LogP contribution < -0.4 is 0 Å². The van der Waals surface area contributed by atoms with Gasteiger partial charge in [0.25, 0.3) is 0 Å². The zero-order valence-electron chi connectivity index (χ0n) is 15.0. The summed E-state index contributed by atoms with van der Waals surface area (Å²) in [7, 11) is 0. The molecule has 4 heteroatoms. The van der Waals surface area contributed by atoms with Crippen LogP contribution in [0.4, 0.5) is 0 Å². The van der Waals surface area contributed by atoms with Crippen molar-refractivity contribution < 1.29 is 15.0 Å². The predicted octanol–water partition coefficient (Wildman–Crippen LogP) is 3.90. The van der Waals surface area contributed by atoms with Gasteiger partial charge in [-0.1, -0.05) is 25.0 Å². The first kappa shape index (κ1) is 17.5. The number of fused-ring (bicyclic) bond motifs is 3. The second-order valence-corrected chi connectivity index (χ2v) is 8.92. The van der Waals surface area contributed by atoms with Crippen LogP contribution in [0.15, 0.2) is 11.6 Å². The van der Waals surface area contributed by atoms with Crippen molar-refractivity contribution in [3.63, 3.8) is 0 Å². The highest BCUT2D eigenvalue weighted by Crippen LogP contribution is 2.67. The van der Waals surface area contributed by atoms with E-state index in [0.29, 0.717) is 19.3 Å². The maximum atomic E-state index is 12.1. The van der Waals surface area contributed by atoms with Gasteiger partial charge in [0.2, 0.25) is 0 Å². The van der Waals surface area contributed by atoms with E-state index in [9.17, 15) is 20.3 Å². The van der Waals surface area contributed by atoms with Crippen LogP contribution in [-0.4, -0.2) is 22.3 Å². The number of aliphatic hydroxyl groups excluding tert-OH is 1. The highest BCUT2D eigenvalue weighted by molar-refractivity contribution is 5.75. The molecule has 3 aliphatic carbocycles. The van der Waals surface area contributed by atoms with Crippen molar-refractivity contribution >= 4 is 5.97 Å². The topological polar surface area (TPSA) is 81.3 Å². The normalized spacial score (nSPS) is 47.8.